The molecule has 2 aromatic heterocycles. The maximum atomic E-state index is 14.6. The number of benzene rings is 3. The van der Waals surface area contributed by atoms with E-state index in [1.165, 1.54) is 14.2 Å². The molecule has 7 unspecified atom stereocenters. The number of amides is 4. The van der Waals surface area contributed by atoms with E-state index < -0.39 is 30.3 Å². The van der Waals surface area contributed by atoms with Gasteiger partial charge in [-0.25, -0.2) is 19.6 Å². The molecule has 3 aliphatic rings. The summed E-state index contributed by atoms with van der Waals surface area (Å²) < 4.78 is 21.7. The van der Waals surface area contributed by atoms with Gasteiger partial charge in [-0.3, -0.25) is 9.59 Å². The minimum atomic E-state index is -0.981. The predicted octanol–water partition coefficient (Wildman–Crippen LogP) is 8.22. The number of carbonyl (C=O) groups is 4. The zero-order chi connectivity index (χ0) is 47.5. The molecule has 5 aromatic rings. The second-order valence-electron chi connectivity index (χ2n) is 18.2. The van der Waals surface area contributed by atoms with Crippen LogP contribution >= 0.6 is 0 Å². The number of aryl methyl sites for hydroxylation is 2. The Morgan fingerprint density at radius 2 is 1.69 bits per heavy atom. The Labute approximate surface area is 391 Å². The Morgan fingerprint density at radius 3 is 2.42 bits per heavy atom. The van der Waals surface area contributed by atoms with Crippen molar-refractivity contribution in [1.82, 2.24) is 40.4 Å². The lowest BCUT2D eigenvalue weighted by molar-refractivity contribution is -0.138. The van der Waals surface area contributed by atoms with Crippen molar-refractivity contribution in [2.75, 3.05) is 34.5 Å². The number of fused-ring (bicyclic) bond motifs is 6. The highest BCUT2D eigenvalue weighted by molar-refractivity contribution is 5.88. The molecule has 4 heterocycles. The minimum Gasteiger partial charge on any atom is -0.488 e. The molecule has 8 rings (SSSR count). The van der Waals surface area contributed by atoms with Crippen LogP contribution in [0.3, 0.4) is 0 Å². The molecule has 1 saturated heterocycles. The Kier molecular flexibility index (Phi) is 14.0. The van der Waals surface area contributed by atoms with Gasteiger partial charge >= 0.3 is 12.2 Å². The molecular weight excluding hydrogens is 853 g/mol. The monoisotopic (exact) mass is 914 g/mol. The van der Waals surface area contributed by atoms with Gasteiger partial charge in [0.05, 0.1) is 50.5 Å². The van der Waals surface area contributed by atoms with E-state index in [0.29, 0.717) is 37.0 Å². The van der Waals surface area contributed by atoms with Gasteiger partial charge in [0.2, 0.25) is 5.91 Å². The third kappa shape index (κ3) is 9.49. The van der Waals surface area contributed by atoms with Crippen LogP contribution in [-0.2, 0) is 43.2 Å². The average Bonchev–Trinajstić information content (AvgIpc) is 4.01. The van der Waals surface area contributed by atoms with Crippen LogP contribution in [0, 0.1) is 11.8 Å². The summed E-state index contributed by atoms with van der Waals surface area (Å²) >= 11 is 0. The SMILES string of the molecule is CCC1CCC(C)C(NC(=O)OC)C(=O)N1C(C)c1ncc(-c2ccc3c(c2)COc2cc4c(cc2-3)CCc2[nH]c(C(C)N(CC(C)COC)C(=O)C(NC(=O)OC)c3ccccc3)nc2-4)[nH]1. The third-order valence-corrected chi connectivity index (χ3v) is 13.7. The van der Waals surface area contributed by atoms with E-state index in [4.69, 9.17) is 28.9 Å². The van der Waals surface area contributed by atoms with Gasteiger partial charge in [-0.2, -0.15) is 0 Å². The van der Waals surface area contributed by atoms with Crippen molar-refractivity contribution in [3.8, 4) is 39.4 Å². The molecule has 1 fully saturated rings. The molecule has 2 aliphatic heterocycles. The topological polar surface area (TPSA) is 193 Å². The van der Waals surface area contributed by atoms with Gasteiger partial charge in [0.1, 0.15) is 36.1 Å². The van der Waals surface area contributed by atoms with Crippen LogP contribution < -0.4 is 15.4 Å². The summed E-state index contributed by atoms with van der Waals surface area (Å²) in [5.41, 5.74) is 9.54. The number of hydrogen-bond acceptors (Lipinski definition) is 10. The average molecular weight is 915 g/mol. The lowest BCUT2D eigenvalue weighted by Gasteiger charge is -2.35. The van der Waals surface area contributed by atoms with Gasteiger partial charge in [-0.05, 0) is 104 Å². The van der Waals surface area contributed by atoms with Crippen molar-refractivity contribution in [3.05, 3.63) is 101 Å². The molecule has 0 radical (unpaired) electrons. The first-order valence-corrected chi connectivity index (χ1v) is 23.3. The number of aromatic amines is 2. The molecule has 16 heteroatoms. The number of carbonyl (C=O) groups excluding carboxylic acids is 4. The summed E-state index contributed by atoms with van der Waals surface area (Å²) in [4.78, 5) is 74.1. The van der Waals surface area contributed by atoms with Gasteiger partial charge in [-0.15, -0.1) is 0 Å². The van der Waals surface area contributed by atoms with E-state index in [2.05, 4.69) is 57.9 Å². The number of methoxy groups -OCH3 is 3. The number of imidazole rings is 2. The van der Waals surface area contributed by atoms with Crippen molar-refractivity contribution >= 4 is 24.0 Å². The van der Waals surface area contributed by atoms with E-state index in [1.54, 1.807) is 12.0 Å². The fraction of sp³-hybridized carbons (Fsp3) is 0.451. The molecule has 7 atom stereocenters. The fourth-order valence-corrected chi connectivity index (χ4v) is 9.98. The second-order valence-corrected chi connectivity index (χ2v) is 18.2. The maximum Gasteiger partial charge on any atom is 0.407 e. The highest BCUT2D eigenvalue weighted by Gasteiger charge is 2.41. The first-order valence-electron chi connectivity index (χ1n) is 23.3. The molecule has 354 valence electrons. The predicted molar refractivity (Wildman–Crippen MR) is 252 cm³/mol. The van der Waals surface area contributed by atoms with Crippen molar-refractivity contribution in [2.45, 2.75) is 104 Å². The lowest BCUT2D eigenvalue weighted by Crippen LogP contribution is -2.52. The van der Waals surface area contributed by atoms with Crippen LogP contribution in [0.1, 0.15) is 106 Å². The van der Waals surface area contributed by atoms with Crippen LogP contribution in [0.15, 0.2) is 66.9 Å². The zero-order valence-electron chi connectivity index (χ0n) is 39.6. The van der Waals surface area contributed by atoms with Crippen molar-refractivity contribution in [3.63, 3.8) is 0 Å². The molecule has 0 spiro atoms. The second kappa shape index (κ2) is 20.0. The largest absolute Gasteiger partial charge is 0.488 e. The van der Waals surface area contributed by atoms with Crippen LogP contribution in [0.5, 0.6) is 5.75 Å². The van der Waals surface area contributed by atoms with Gasteiger partial charge in [0, 0.05) is 36.5 Å². The minimum absolute atomic E-state index is 0.00229. The Morgan fingerprint density at radius 1 is 0.910 bits per heavy atom. The molecule has 0 saturated carbocycles. The van der Waals surface area contributed by atoms with Gasteiger partial charge in [0.15, 0.2) is 0 Å². The van der Waals surface area contributed by atoms with E-state index in [1.807, 2.05) is 69.1 Å². The Balaban J connectivity index is 1.04. The number of nitrogens with zero attached hydrogens (tertiary/aromatic N) is 4. The van der Waals surface area contributed by atoms with Gasteiger partial charge < -0.3 is 49.3 Å². The van der Waals surface area contributed by atoms with Crippen molar-refractivity contribution in [2.24, 2.45) is 11.8 Å². The molecule has 1 aliphatic carbocycles. The number of ether oxygens (including phenoxy) is 4. The number of hydrogen-bond donors (Lipinski definition) is 4. The van der Waals surface area contributed by atoms with Crippen LogP contribution in [0.2, 0.25) is 0 Å². The van der Waals surface area contributed by atoms with Crippen LogP contribution in [-0.4, -0.2) is 100 Å². The smallest absolute Gasteiger partial charge is 0.407 e. The standard InChI is InChI=1S/C51H62N8O8/c1-9-36-18-15-29(3)43(56-50(62)65-7)49(61)59(36)31(5)46-52-24-41(54-46)34-16-19-37-35(21-34)27-67-42-23-38-33(22-39(37)42)17-20-40-45(38)55-47(53-40)30(4)58(25-28(2)26-64-6)48(60)44(57-51(63)66-8)32-13-11-10-12-14-32/h10-14,16,19,21-24,28-31,36,43-44H,9,15,17-18,20,25-27H2,1-8H3,(H,52,54)(H,53,55)(H,56,62)(H,57,63). The molecule has 4 amide bonds. The summed E-state index contributed by atoms with van der Waals surface area (Å²) in [6, 6.07) is 17.3. The van der Waals surface area contributed by atoms with E-state index in [-0.39, 0.29) is 35.7 Å². The number of nitrogens with one attached hydrogen (secondary N) is 4. The molecule has 4 N–H and O–H groups in total. The number of rotatable bonds is 14. The molecule has 3 aromatic carbocycles. The summed E-state index contributed by atoms with van der Waals surface area (Å²) in [5.74, 6) is 1.61. The fourth-order valence-electron chi connectivity index (χ4n) is 9.98. The number of alkyl carbamates (subject to hydrolysis) is 2. The van der Waals surface area contributed by atoms with E-state index in [9.17, 15) is 19.2 Å². The van der Waals surface area contributed by atoms with Crippen LogP contribution in [0.25, 0.3) is 33.6 Å². The van der Waals surface area contributed by atoms with E-state index in [0.717, 1.165) is 88.3 Å². The number of aromatic nitrogens is 4. The third-order valence-electron chi connectivity index (χ3n) is 13.7. The Bertz CT molecular complexity index is 2610. The van der Waals surface area contributed by atoms with Crippen molar-refractivity contribution < 1.29 is 38.1 Å². The summed E-state index contributed by atoms with van der Waals surface area (Å²) in [6.45, 7) is 11.2. The highest BCUT2D eigenvalue weighted by atomic mass is 16.5. The van der Waals surface area contributed by atoms with Crippen LogP contribution in [0.4, 0.5) is 9.59 Å². The van der Waals surface area contributed by atoms with Gasteiger partial charge in [-0.1, -0.05) is 63.2 Å². The summed E-state index contributed by atoms with van der Waals surface area (Å²) in [5, 5.41) is 5.54. The highest BCUT2D eigenvalue weighted by Crippen LogP contribution is 2.45. The lowest BCUT2D eigenvalue weighted by atomic mass is 9.86. The van der Waals surface area contributed by atoms with Gasteiger partial charge in [0.25, 0.3) is 5.91 Å². The molecule has 67 heavy (non-hydrogen) atoms. The molecule has 0 bridgehead atoms. The van der Waals surface area contributed by atoms with Crippen molar-refractivity contribution in [1.29, 1.82) is 0 Å². The first-order chi connectivity index (χ1) is 32.3. The number of likely N-dealkylation sites (tertiary alicyclic amines) is 1. The van der Waals surface area contributed by atoms with E-state index >= 15 is 0 Å². The quantitative estimate of drug-likeness (QED) is 0.0844. The molecular formula is C51H62N8O8. The molecule has 16 nitrogen and oxygen atoms in total. The normalized spacial score (nSPS) is 19.2. The summed E-state index contributed by atoms with van der Waals surface area (Å²) in [6.07, 6.45) is 4.42. The number of H-pyrrole nitrogens is 2. The maximum absolute atomic E-state index is 14.6. The first kappa shape index (κ1) is 46.8. The Hall–Kier alpha value is -6.68. The summed E-state index contributed by atoms with van der Waals surface area (Å²) in [7, 11) is 4.22. The zero-order valence-corrected chi connectivity index (χ0v) is 39.6.